The van der Waals surface area contributed by atoms with Crippen LogP contribution in [0, 0.1) is 12.9 Å². The fourth-order valence-electron chi connectivity index (χ4n) is 4.87. The summed E-state index contributed by atoms with van der Waals surface area (Å²) in [5.41, 5.74) is 4.85. The summed E-state index contributed by atoms with van der Waals surface area (Å²) in [6.07, 6.45) is 2.71. The number of aromatic nitrogens is 5. The Labute approximate surface area is 201 Å². The van der Waals surface area contributed by atoms with Crippen molar-refractivity contribution in [1.82, 2.24) is 29.4 Å². The summed E-state index contributed by atoms with van der Waals surface area (Å²) in [6.45, 7) is 4.93. The Morgan fingerprint density at radius 1 is 0.971 bits per heavy atom. The second kappa shape index (κ2) is 8.19. The van der Waals surface area contributed by atoms with Crippen molar-refractivity contribution in [2.75, 3.05) is 31.1 Å². The van der Waals surface area contributed by atoms with Gasteiger partial charge in [0, 0.05) is 44.2 Å². The van der Waals surface area contributed by atoms with Gasteiger partial charge in [0.2, 0.25) is 12.4 Å². The molecular formula is C26H24FN7O. The third-order valence-electron chi connectivity index (χ3n) is 6.71. The maximum absolute atomic E-state index is 15.0. The second-order valence-electron chi connectivity index (χ2n) is 8.85. The van der Waals surface area contributed by atoms with Gasteiger partial charge in [-0.25, -0.2) is 14.3 Å². The van der Waals surface area contributed by atoms with Gasteiger partial charge in [0.15, 0.2) is 0 Å². The molecule has 1 amide bonds. The molecule has 4 heterocycles. The van der Waals surface area contributed by atoms with Crippen LogP contribution in [0.3, 0.4) is 0 Å². The van der Waals surface area contributed by atoms with E-state index in [0.717, 1.165) is 47.5 Å². The highest BCUT2D eigenvalue weighted by Crippen LogP contribution is 2.36. The molecule has 8 nitrogen and oxygen atoms in total. The van der Waals surface area contributed by atoms with Gasteiger partial charge >= 0.3 is 0 Å². The third kappa shape index (κ3) is 3.42. The van der Waals surface area contributed by atoms with Crippen molar-refractivity contribution in [3.05, 3.63) is 66.2 Å². The number of amides is 1. The molecule has 6 rings (SSSR count). The molecule has 0 aliphatic carbocycles. The molecule has 1 saturated heterocycles. The molecule has 5 aromatic rings. The maximum atomic E-state index is 15.0. The molecule has 2 aromatic carbocycles. The maximum Gasteiger partial charge on any atom is 0.219 e. The predicted molar refractivity (Wildman–Crippen MR) is 133 cm³/mol. The summed E-state index contributed by atoms with van der Waals surface area (Å²) < 4.78 is 18.2. The number of nitrogens with zero attached hydrogens (tertiary/aromatic N) is 7. The van der Waals surface area contributed by atoms with E-state index in [1.165, 1.54) is 4.68 Å². The van der Waals surface area contributed by atoms with Gasteiger partial charge in [-0.2, -0.15) is 14.6 Å². The molecule has 0 unspecified atom stereocenters. The molecule has 0 atom stereocenters. The largest absolute Gasteiger partial charge is 0.353 e. The lowest BCUT2D eigenvalue weighted by Crippen LogP contribution is -2.46. The number of aryl methyl sites for hydroxylation is 2. The summed E-state index contributed by atoms with van der Waals surface area (Å²) in [5.74, 6) is 0.488. The quantitative estimate of drug-likeness (QED) is 0.376. The minimum absolute atomic E-state index is 0.383. The number of anilines is 1. The molecule has 35 heavy (non-hydrogen) atoms. The molecule has 1 aliphatic rings. The Morgan fingerprint density at radius 3 is 2.51 bits per heavy atom. The van der Waals surface area contributed by atoms with E-state index in [0.29, 0.717) is 35.2 Å². The molecule has 3 aromatic heterocycles. The number of carbonyl (C=O) groups excluding carboxylic acids is 1. The van der Waals surface area contributed by atoms with Crippen LogP contribution in [0.5, 0.6) is 0 Å². The third-order valence-corrected chi connectivity index (χ3v) is 6.71. The number of hydrogen-bond donors (Lipinski definition) is 0. The number of piperazine rings is 1. The lowest BCUT2D eigenvalue weighted by atomic mass is 10.0. The number of carbonyl (C=O) groups is 1. The second-order valence-corrected chi connectivity index (χ2v) is 8.85. The van der Waals surface area contributed by atoms with Crippen LogP contribution in [0.1, 0.15) is 5.56 Å². The van der Waals surface area contributed by atoms with E-state index in [1.807, 2.05) is 66.3 Å². The standard InChI is InChI=1S/C26H24FN7O/c1-17-5-3-7-20-24(19-6-4-8-21-23(19)26(27)31(2)29-21)30-34(25(17)20)18-9-10-22(28-15-18)33-13-11-32(16-35)12-14-33/h3-10,15-16H,11-14H2,1-2H3. The van der Waals surface area contributed by atoms with Crippen LogP contribution in [0.4, 0.5) is 10.2 Å². The normalized spacial score (nSPS) is 14.3. The van der Waals surface area contributed by atoms with Crippen LogP contribution >= 0.6 is 0 Å². The van der Waals surface area contributed by atoms with E-state index < -0.39 is 0 Å². The van der Waals surface area contributed by atoms with Crippen molar-refractivity contribution in [2.24, 2.45) is 7.05 Å². The monoisotopic (exact) mass is 469 g/mol. The number of fused-ring (bicyclic) bond motifs is 2. The van der Waals surface area contributed by atoms with Crippen LogP contribution in [0.25, 0.3) is 38.8 Å². The number of para-hydroxylation sites is 1. The molecular weight excluding hydrogens is 445 g/mol. The van der Waals surface area contributed by atoms with E-state index in [9.17, 15) is 4.79 Å². The zero-order valence-corrected chi connectivity index (χ0v) is 19.5. The molecule has 0 spiro atoms. The predicted octanol–water partition coefficient (Wildman–Crippen LogP) is 3.70. The van der Waals surface area contributed by atoms with Gasteiger partial charge in [-0.05, 0) is 30.7 Å². The summed E-state index contributed by atoms with van der Waals surface area (Å²) in [5, 5.41) is 10.7. The van der Waals surface area contributed by atoms with E-state index in [1.54, 1.807) is 11.9 Å². The first-order valence-corrected chi connectivity index (χ1v) is 11.6. The Balaban J connectivity index is 1.46. The smallest absolute Gasteiger partial charge is 0.219 e. The highest BCUT2D eigenvalue weighted by atomic mass is 19.1. The minimum Gasteiger partial charge on any atom is -0.353 e. The van der Waals surface area contributed by atoms with Crippen LogP contribution in [0.15, 0.2) is 54.7 Å². The summed E-state index contributed by atoms with van der Waals surface area (Å²) >= 11 is 0. The van der Waals surface area contributed by atoms with Crippen LogP contribution in [-0.4, -0.2) is 62.0 Å². The zero-order chi connectivity index (χ0) is 24.1. The van der Waals surface area contributed by atoms with Gasteiger partial charge in [0.1, 0.15) is 11.5 Å². The Morgan fingerprint density at radius 2 is 1.77 bits per heavy atom. The number of benzene rings is 2. The Hall–Kier alpha value is -4.27. The summed E-state index contributed by atoms with van der Waals surface area (Å²) in [7, 11) is 1.60. The van der Waals surface area contributed by atoms with Crippen LogP contribution in [0.2, 0.25) is 0 Å². The number of pyridine rings is 1. The van der Waals surface area contributed by atoms with Crippen molar-refractivity contribution in [3.63, 3.8) is 0 Å². The molecule has 0 bridgehead atoms. The Kier molecular flexibility index (Phi) is 4.98. The topological polar surface area (TPSA) is 72.1 Å². The fourth-order valence-corrected chi connectivity index (χ4v) is 4.87. The van der Waals surface area contributed by atoms with Gasteiger partial charge in [-0.1, -0.05) is 30.3 Å². The minimum atomic E-state index is -0.383. The first-order valence-electron chi connectivity index (χ1n) is 11.6. The molecule has 0 radical (unpaired) electrons. The van der Waals surface area contributed by atoms with E-state index >= 15 is 4.39 Å². The summed E-state index contributed by atoms with van der Waals surface area (Å²) in [6, 6.07) is 15.6. The highest BCUT2D eigenvalue weighted by Gasteiger charge is 2.21. The van der Waals surface area contributed by atoms with Crippen molar-refractivity contribution in [3.8, 4) is 16.9 Å². The van der Waals surface area contributed by atoms with Crippen LogP contribution < -0.4 is 4.90 Å². The average molecular weight is 470 g/mol. The SMILES string of the molecule is Cc1cccc2c(-c3cccc4nn(C)c(F)c34)nn(-c3ccc(N4CCN(C=O)CC4)nc3)c12. The molecule has 0 N–H and O–H groups in total. The number of halogens is 1. The lowest BCUT2D eigenvalue weighted by molar-refractivity contribution is -0.118. The van der Waals surface area contributed by atoms with Gasteiger partial charge in [-0.3, -0.25) is 4.79 Å². The van der Waals surface area contributed by atoms with E-state index in [-0.39, 0.29) is 5.95 Å². The van der Waals surface area contributed by atoms with E-state index in [4.69, 9.17) is 10.1 Å². The summed E-state index contributed by atoms with van der Waals surface area (Å²) in [4.78, 5) is 19.6. The van der Waals surface area contributed by atoms with E-state index in [2.05, 4.69) is 10.00 Å². The van der Waals surface area contributed by atoms with Gasteiger partial charge in [0.25, 0.3) is 0 Å². The fraction of sp³-hybridized carbons (Fsp3) is 0.231. The lowest BCUT2D eigenvalue weighted by Gasteiger charge is -2.33. The molecule has 0 saturated carbocycles. The molecule has 9 heteroatoms. The first kappa shape index (κ1) is 21.3. The van der Waals surface area contributed by atoms with Gasteiger partial charge < -0.3 is 9.80 Å². The van der Waals surface area contributed by atoms with Crippen LogP contribution in [-0.2, 0) is 11.8 Å². The molecule has 1 fully saturated rings. The van der Waals surface area contributed by atoms with Gasteiger partial charge in [-0.15, -0.1) is 0 Å². The van der Waals surface area contributed by atoms with Crippen molar-refractivity contribution in [2.45, 2.75) is 6.92 Å². The first-order chi connectivity index (χ1) is 17.0. The molecule has 1 aliphatic heterocycles. The number of rotatable bonds is 4. The molecule has 176 valence electrons. The zero-order valence-electron chi connectivity index (χ0n) is 19.5. The Bertz CT molecular complexity index is 1560. The van der Waals surface area contributed by atoms with Crippen molar-refractivity contribution < 1.29 is 9.18 Å². The van der Waals surface area contributed by atoms with Crippen molar-refractivity contribution in [1.29, 1.82) is 0 Å². The van der Waals surface area contributed by atoms with Gasteiger partial charge in [0.05, 0.1) is 28.3 Å². The van der Waals surface area contributed by atoms with Crippen molar-refractivity contribution >= 4 is 34.0 Å². The highest BCUT2D eigenvalue weighted by molar-refractivity contribution is 6.03. The number of hydrogen-bond acceptors (Lipinski definition) is 5. The average Bonchev–Trinajstić information content (AvgIpc) is 3.42.